The number of benzene rings is 7. The number of anilines is 3. The molecule has 0 N–H and O–H groups in total. The molecular weight excluding hydrogens is 534 g/mol. The van der Waals surface area contributed by atoms with Crippen molar-refractivity contribution in [3.63, 3.8) is 0 Å². The van der Waals surface area contributed by atoms with Crippen LogP contribution in [0.4, 0.5) is 17.1 Å². The zero-order chi connectivity index (χ0) is 29.3. The molecule has 0 saturated carbocycles. The second-order valence-electron chi connectivity index (χ2n) is 11.0. The van der Waals surface area contributed by atoms with E-state index in [0.717, 1.165) is 50.5 Å². The summed E-state index contributed by atoms with van der Waals surface area (Å²) < 4.78 is 6.45. The summed E-state index contributed by atoms with van der Waals surface area (Å²) in [5, 5.41) is 3.47. The van der Waals surface area contributed by atoms with Gasteiger partial charge in [-0.05, 0) is 58.5 Å². The minimum Gasteiger partial charge on any atom is -0.456 e. The number of fused-ring (bicyclic) bond motifs is 2. The Labute approximate surface area is 257 Å². The van der Waals surface area contributed by atoms with Crippen molar-refractivity contribution in [2.45, 2.75) is 0 Å². The van der Waals surface area contributed by atoms with Gasteiger partial charge >= 0.3 is 0 Å². The molecule has 0 radical (unpaired) electrons. The van der Waals surface area contributed by atoms with Crippen LogP contribution in [0, 0.1) is 0 Å². The summed E-state index contributed by atoms with van der Waals surface area (Å²) >= 11 is 0. The van der Waals surface area contributed by atoms with Crippen molar-refractivity contribution in [1.82, 2.24) is 0 Å². The SMILES string of the molecule is c1ccc(-c2ccc(-c3ccccc3N(c3ccccc3-c3cc4ccccc4o3)c3cccc4ccccc34)cc2)cc1. The van der Waals surface area contributed by atoms with Crippen LogP contribution in [0.3, 0.4) is 0 Å². The molecule has 1 aromatic heterocycles. The topological polar surface area (TPSA) is 16.4 Å². The summed E-state index contributed by atoms with van der Waals surface area (Å²) in [6, 6.07) is 62.1. The van der Waals surface area contributed by atoms with Crippen molar-refractivity contribution in [3.8, 4) is 33.6 Å². The van der Waals surface area contributed by atoms with Gasteiger partial charge in [-0.15, -0.1) is 0 Å². The largest absolute Gasteiger partial charge is 0.456 e. The predicted molar refractivity (Wildman–Crippen MR) is 185 cm³/mol. The van der Waals surface area contributed by atoms with Gasteiger partial charge in [0, 0.05) is 21.9 Å². The van der Waals surface area contributed by atoms with Gasteiger partial charge in [0.25, 0.3) is 0 Å². The Bertz CT molecular complexity index is 2190. The molecule has 0 aliphatic heterocycles. The molecule has 1 heterocycles. The molecule has 2 heteroatoms. The van der Waals surface area contributed by atoms with Crippen molar-refractivity contribution in [2.24, 2.45) is 0 Å². The highest BCUT2D eigenvalue weighted by Gasteiger charge is 2.23. The Hall–Kier alpha value is -5.86. The van der Waals surface area contributed by atoms with Gasteiger partial charge in [0.1, 0.15) is 11.3 Å². The number of furan rings is 1. The van der Waals surface area contributed by atoms with E-state index in [1.165, 1.54) is 21.9 Å². The normalized spacial score (nSPS) is 11.2. The Morgan fingerprint density at radius 3 is 1.70 bits per heavy atom. The summed E-state index contributed by atoms with van der Waals surface area (Å²) in [7, 11) is 0. The van der Waals surface area contributed by atoms with Crippen LogP contribution in [0.1, 0.15) is 0 Å². The lowest BCUT2D eigenvalue weighted by atomic mass is 9.97. The second kappa shape index (κ2) is 11.1. The van der Waals surface area contributed by atoms with Crippen molar-refractivity contribution in [3.05, 3.63) is 176 Å². The monoisotopic (exact) mass is 563 g/mol. The third-order valence-electron chi connectivity index (χ3n) is 8.29. The molecule has 44 heavy (non-hydrogen) atoms. The molecule has 0 saturated heterocycles. The third-order valence-corrected chi connectivity index (χ3v) is 8.29. The Balaban J connectivity index is 1.35. The van der Waals surface area contributed by atoms with Crippen LogP contribution in [0.25, 0.3) is 55.3 Å². The summed E-state index contributed by atoms with van der Waals surface area (Å²) in [5.41, 5.74) is 9.90. The van der Waals surface area contributed by atoms with Crippen LogP contribution in [0.15, 0.2) is 180 Å². The lowest BCUT2D eigenvalue weighted by molar-refractivity contribution is 0.631. The van der Waals surface area contributed by atoms with Crippen LogP contribution < -0.4 is 4.90 Å². The zero-order valence-electron chi connectivity index (χ0n) is 24.1. The van der Waals surface area contributed by atoms with E-state index in [2.05, 4.69) is 169 Å². The van der Waals surface area contributed by atoms with Crippen molar-refractivity contribution in [2.75, 3.05) is 4.90 Å². The maximum absolute atomic E-state index is 6.45. The zero-order valence-corrected chi connectivity index (χ0v) is 24.1. The average Bonchev–Trinajstić information content (AvgIpc) is 3.54. The molecule has 8 rings (SSSR count). The molecule has 0 spiro atoms. The predicted octanol–water partition coefficient (Wildman–Crippen LogP) is 12.1. The lowest BCUT2D eigenvalue weighted by Crippen LogP contribution is -2.12. The molecule has 8 aromatic rings. The maximum Gasteiger partial charge on any atom is 0.137 e. The van der Waals surface area contributed by atoms with Gasteiger partial charge in [0.15, 0.2) is 0 Å². The highest BCUT2D eigenvalue weighted by molar-refractivity contribution is 6.03. The molecule has 0 amide bonds. The number of para-hydroxylation sites is 3. The van der Waals surface area contributed by atoms with Crippen molar-refractivity contribution >= 4 is 38.8 Å². The first kappa shape index (κ1) is 25.8. The van der Waals surface area contributed by atoms with Gasteiger partial charge in [0.05, 0.1) is 17.1 Å². The molecular formula is C42H29NO. The molecule has 7 aromatic carbocycles. The minimum atomic E-state index is 0.844. The second-order valence-corrected chi connectivity index (χ2v) is 11.0. The summed E-state index contributed by atoms with van der Waals surface area (Å²) in [5.74, 6) is 0.844. The van der Waals surface area contributed by atoms with Crippen molar-refractivity contribution < 1.29 is 4.42 Å². The van der Waals surface area contributed by atoms with Gasteiger partial charge in [-0.2, -0.15) is 0 Å². The fraction of sp³-hybridized carbons (Fsp3) is 0. The van der Waals surface area contributed by atoms with E-state index in [9.17, 15) is 0 Å². The standard InChI is InChI=1S/C42H29NO/c1-2-13-30(14-3-1)31-25-27-33(28-26-31)36-19-7-9-21-38(36)43(39-23-12-17-32-15-4-6-18-35(32)39)40-22-10-8-20-37(40)42-29-34-16-5-11-24-41(34)44-42/h1-29H. The molecule has 0 bridgehead atoms. The molecule has 2 nitrogen and oxygen atoms in total. The van der Waals surface area contributed by atoms with E-state index in [-0.39, 0.29) is 0 Å². The van der Waals surface area contributed by atoms with Crippen LogP contribution in [-0.2, 0) is 0 Å². The quantitative estimate of drug-likeness (QED) is 0.200. The van der Waals surface area contributed by atoms with Crippen LogP contribution >= 0.6 is 0 Å². The van der Waals surface area contributed by atoms with E-state index >= 15 is 0 Å². The van der Waals surface area contributed by atoms with E-state index < -0.39 is 0 Å². The van der Waals surface area contributed by atoms with Gasteiger partial charge in [-0.1, -0.05) is 140 Å². The first-order valence-electron chi connectivity index (χ1n) is 14.9. The van der Waals surface area contributed by atoms with Crippen LogP contribution in [0.5, 0.6) is 0 Å². The average molecular weight is 564 g/mol. The van der Waals surface area contributed by atoms with E-state index in [1.807, 2.05) is 12.1 Å². The van der Waals surface area contributed by atoms with Gasteiger partial charge in [0.2, 0.25) is 0 Å². The molecule has 0 unspecified atom stereocenters. The van der Waals surface area contributed by atoms with Crippen LogP contribution in [-0.4, -0.2) is 0 Å². The lowest BCUT2D eigenvalue weighted by Gasteiger charge is -2.30. The number of rotatable bonds is 6. The number of hydrogen-bond donors (Lipinski definition) is 0. The van der Waals surface area contributed by atoms with E-state index in [4.69, 9.17) is 4.42 Å². The third kappa shape index (κ3) is 4.63. The Morgan fingerprint density at radius 1 is 0.364 bits per heavy atom. The molecule has 0 aliphatic rings. The van der Waals surface area contributed by atoms with Crippen LogP contribution in [0.2, 0.25) is 0 Å². The smallest absolute Gasteiger partial charge is 0.137 e. The van der Waals surface area contributed by atoms with Gasteiger partial charge in [-0.3, -0.25) is 0 Å². The summed E-state index contributed by atoms with van der Waals surface area (Å²) in [6.07, 6.45) is 0. The first-order chi connectivity index (χ1) is 21.8. The Kier molecular flexibility index (Phi) is 6.51. The minimum absolute atomic E-state index is 0.844. The summed E-state index contributed by atoms with van der Waals surface area (Å²) in [6.45, 7) is 0. The Morgan fingerprint density at radius 2 is 0.909 bits per heavy atom. The molecule has 208 valence electrons. The van der Waals surface area contributed by atoms with E-state index in [1.54, 1.807) is 0 Å². The number of hydrogen-bond acceptors (Lipinski definition) is 2. The molecule has 0 aliphatic carbocycles. The van der Waals surface area contributed by atoms with Gasteiger partial charge < -0.3 is 9.32 Å². The molecule has 0 fully saturated rings. The highest BCUT2D eigenvalue weighted by atomic mass is 16.3. The fourth-order valence-corrected chi connectivity index (χ4v) is 6.17. The number of nitrogens with zero attached hydrogens (tertiary/aromatic N) is 1. The highest BCUT2D eigenvalue weighted by Crippen LogP contribution is 2.47. The van der Waals surface area contributed by atoms with E-state index in [0.29, 0.717) is 0 Å². The summed E-state index contributed by atoms with van der Waals surface area (Å²) in [4.78, 5) is 2.39. The molecule has 0 atom stereocenters. The fourth-order valence-electron chi connectivity index (χ4n) is 6.17. The first-order valence-corrected chi connectivity index (χ1v) is 14.9. The maximum atomic E-state index is 6.45. The van der Waals surface area contributed by atoms with Crippen molar-refractivity contribution in [1.29, 1.82) is 0 Å². The van der Waals surface area contributed by atoms with Gasteiger partial charge in [-0.25, -0.2) is 0 Å².